The highest BCUT2D eigenvalue weighted by Gasteiger charge is 2.32. The lowest BCUT2D eigenvalue weighted by molar-refractivity contribution is 0.0722. The Morgan fingerprint density at radius 2 is 2.17 bits per heavy atom. The molecule has 3 aromatic rings. The summed E-state index contributed by atoms with van der Waals surface area (Å²) in [7, 11) is 0. The third kappa shape index (κ3) is 2.38. The highest BCUT2D eigenvalue weighted by molar-refractivity contribution is 6.01. The third-order valence-corrected chi connectivity index (χ3v) is 4.38. The molecule has 0 unspecified atom stereocenters. The van der Waals surface area contributed by atoms with Crippen molar-refractivity contribution in [3.05, 3.63) is 48.2 Å². The van der Waals surface area contributed by atoms with Gasteiger partial charge >= 0.3 is 0 Å². The van der Waals surface area contributed by atoms with Crippen LogP contribution in [0.3, 0.4) is 0 Å². The molecule has 23 heavy (non-hydrogen) atoms. The lowest BCUT2D eigenvalue weighted by Gasteiger charge is -2.24. The fourth-order valence-corrected chi connectivity index (χ4v) is 3.31. The van der Waals surface area contributed by atoms with E-state index in [1.54, 1.807) is 16.9 Å². The highest BCUT2D eigenvalue weighted by atomic mass is 16.2. The Labute approximate surface area is 133 Å². The van der Waals surface area contributed by atoms with Crippen molar-refractivity contribution in [2.24, 2.45) is 0 Å². The number of carbonyl (C=O) groups is 1. The first kappa shape index (κ1) is 13.9. The van der Waals surface area contributed by atoms with E-state index >= 15 is 0 Å². The normalized spacial score (nSPS) is 18.0. The highest BCUT2D eigenvalue weighted by Crippen LogP contribution is 2.24. The van der Waals surface area contributed by atoms with E-state index in [-0.39, 0.29) is 11.9 Å². The SMILES string of the molecule is Cc1nn2cccnc2c1C(=O)N1CCC[C@H]1Cn1cccn1. The molecule has 0 aliphatic carbocycles. The summed E-state index contributed by atoms with van der Waals surface area (Å²) in [6, 6.07) is 3.88. The second kappa shape index (κ2) is 5.49. The molecular formula is C16H18N6O. The maximum atomic E-state index is 13.1. The number of carbonyl (C=O) groups excluding carboxylic acids is 1. The van der Waals surface area contributed by atoms with Crippen LogP contribution in [0.2, 0.25) is 0 Å². The minimum Gasteiger partial charge on any atom is -0.334 e. The van der Waals surface area contributed by atoms with E-state index in [9.17, 15) is 4.79 Å². The maximum Gasteiger partial charge on any atom is 0.259 e. The van der Waals surface area contributed by atoms with E-state index in [1.165, 1.54) is 0 Å². The van der Waals surface area contributed by atoms with Crippen LogP contribution in [0, 0.1) is 6.92 Å². The van der Waals surface area contributed by atoms with Crippen molar-refractivity contribution in [3.8, 4) is 0 Å². The molecule has 4 rings (SSSR count). The van der Waals surface area contributed by atoms with Gasteiger partial charge in [0.15, 0.2) is 5.65 Å². The zero-order valence-corrected chi connectivity index (χ0v) is 13.0. The van der Waals surface area contributed by atoms with Crippen molar-refractivity contribution in [2.45, 2.75) is 32.4 Å². The average molecular weight is 310 g/mol. The molecule has 7 heteroatoms. The number of aryl methyl sites for hydroxylation is 1. The lowest BCUT2D eigenvalue weighted by Crippen LogP contribution is -2.38. The van der Waals surface area contributed by atoms with Gasteiger partial charge in [-0.05, 0) is 31.9 Å². The zero-order chi connectivity index (χ0) is 15.8. The van der Waals surface area contributed by atoms with Gasteiger partial charge in [0.2, 0.25) is 0 Å². The van der Waals surface area contributed by atoms with Gasteiger partial charge in [0, 0.05) is 31.3 Å². The summed E-state index contributed by atoms with van der Waals surface area (Å²) in [6.45, 7) is 3.36. The summed E-state index contributed by atoms with van der Waals surface area (Å²) in [5, 5.41) is 8.65. The van der Waals surface area contributed by atoms with Crippen molar-refractivity contribution in [3.63, 3.8) is 0 Å². The lowest BCUT2D eigenvalue weighted by atomic mass is 10.2. The van der Waals surface area contributed by atoms with Gasteiger partial charge in [-0.1, -0.05) is 0 Å². The minimum atomic E-state index is 0.0193. The Hall–Kier alpha value is -2.70. The molecule has 0 spiro atoms. The van der Waals surface area contributed by atoms with E-state index in [4.69, 9.17) is 0 Å². The van der Waals surface area contributed by atoms with Crippen LogP contribution in [0.1, 0.15) is 28.9 Å². The number of fused-ring (bicyclic) bond motifs is 1. The standard InChI is InChI=1S/C16H18N6O/c1-12-14(15-17-6-3-10-22(15)19-12)16(23)21-9-2-5-13(21)11-20-8-4-7-18-20/h3-4,6-8,10,13H,2,5,9,11H2,1H3/t13-/m0/s1. The molecule has 1 aliphatic heterocycles. The minimum absolute atomic E-state index is 0.0193. The van der Waals surface area contributed by atoms with Crippen LogP contribution in [0.15, 0.2) is 36.9 Å². The number of nitrogens with zero attached hydrogens (tertiary/aromatic N) is 6. The van der Waals surface area contributed by atoms with E-state index in [2.05, 4.69) is 15.2 Å². The van der Waals surface area contributed by atoms with Crippen LogP contribution in [-0.4, -0.2) is 47.8 Å². The van der Waals surface area contributed by atoms with E-state index in [0.29, 0.717) is 11.2 Å². The van der Waals surface area contributed by atoms with Crippen LogP contribution in [-0.2, 0) is 6.54 Å². The molecule has 1 amide bonds. The van der Waals surface area contributed by atoms with Gasteiger partial charge in [0.25, 0.3) is 5.91 Å². The number of hydrogen-bond donors (Lipinski definition) is 0. The number of aromatic nitrogens is 5. The Morgan fingerprint density at radius 3 is 3.00 bits per heavy atom. The molecule has 4 heterocycles. The second-order valence-electron chi connectivity index (χ2n) is 5.87. The number of amides is 1. The molecule has 0 radical (unpaired) electrons. The van der Waals surface area contributed by atoms with E-state index in [1.807, 2.05) is 41.0 Å². The molecule has 3 aromatic heterocycles. The zero-order valence-electron chi connectivity index (χ0n) is 13.0. The summed E-state index contributed by atoms with van der Waals surface area (Å²) in [6.07, 6.45) is 9.22. The van der Waals surface area contributed by atoms with Crippen molar-refractivity contribution in [1.29, 1.82) is 0 Å². The smallest absolute Gasteiger partial charge is 0.259 e. The monoisotopic (exact) mass is 310 g/mol. The molecule has 7 nitrogen and oxygen atoms in total. The first-order valence-electron chi connectivity index (χ1n) is 7.82. The molecule has 118 valence electrons. The predicted octanol–water partition coefficient (Wildman–Crippen LogP) is 1.54. The van der Waals surface area contributed by atoms with Gasteiger partial charge in [-0.2, -0.15) is 10.2 Å². The summed E-state index contributed by atoms with van der Waals surface area (Å²) < 4.78 is 3.55. The number of rotatable bonds is 3. The summed E-state index contributed by atoms with van der Waals surface area (Å²) in [4.78, 5) is 19.4. The Balaban J connectivity index is 1.65. The number of likely N-dealkylation sites (tertiary alicyclic amines) is 1. The van der Waals surface area contributed by atoms with Crippen LogP contribution < -0.4 is 0 Å². The summed E-state index contributed by atoms with van der Waals surface area (Å²) in [5.74, 6) is 0.0193. The van der Waals surface area contributed by atoms with Crippen LogP contribution in [0.25, 0.3) is 5.65 Å². The largest absolute Gasteiger partial charge is 0.334 e. The Kier molecular flexibility index (Phi) is 3.33. The molecule has 1 saturated heterocycles. The Bertz CT molecular complexity index is 838. The van der Waals surface area contributed by atoms with Crippen LogP contribution >= 0.6 is 0 Å². The first-order chi connectivity index (χ1) is 11.2. The van der Waals surface area contributed by atoms with Gasteiger partial charge in [-0.15, -0.1) is 0 Å². The van der Waals surface area contributed by atoms with Gasteiger partial charge in [0.05, 0.1) is 18.3 Å². The second-order valence-corrected chi connectivity index (χ2v) is 5.87. The predicted molar refractivity (Wildman–Crippen MR) is 84.0 cm³/mol. The molecule has 1 aliphatic rings. The quantitative estimate of drug-likeness (QED) is 0.736. The van der Waals surface area contributed by atoms with Crippen molar-refractivity contribution in [2.75, 3.05) is 6.54 Å². The maximum absolute atomic E-state index is 13.1. The van der Waals surface area contributed by atoms with Crippen LogP contribution in [0.4, 0.5) is 0 Å². The van der Waals surface area contributed by atoms with Crippen molar-refractivity contribution in [1.82, 2.24) is 29.3 Å². The van der Waals surface area contributed by atoms with Crippen molar-refractivity contribution < 1.29 is 4.79 Å². The average Bonchev–Trinajstić information content (AvgIpc) is 3.26. The van der Waals surface area contributed by atoms with Gasteiger partial charge in [-0.25, -0.2) is 9.50 Å². The van der Waals surface area contributed by atoms with Crippen LogP contribution in [0.5, 0.6) is 0 Å². The van der Waals surface area contributed by atoms with E-state index < -0.39 is 0 Å². The van der Waals surface area contributed by atoms with Gasteiger partial charge in [0.1, 0.15) is 5.56 Å². The molecule has 1 fully saturated rings. The summed E-state index contributed by atoms with van der Waals surface area (Å²) >= 11 is 0. The molecule has 0 saturated carbocycles. The van der Waals surface area contributed by atoms with Gasteiger partial charge < -0.3 is 4.90 Å². The Morgan fingerprint density at radius 1 is 1.30 bits per heavy atom. The summed E-state index contributed by atoms with van der Waals surface area (Å²) in [5.41, 5.74) is 1.95. The molecule has 0 aromatic carbocycles. The molecule has 0 N–H and O–H groups in total. The number of hydrogen-bond acceptors (Lipinski definition) is 4. The molecular weight excluding hydrogens is 292 g/mol. The van der Waals surface area contributed by atoms with Gasteiger partial charge in [-0.3, -0.25) is 9.48 Å². The molecule has 0 bridgehead atoms. The topological polar surface area (TPSA) is 68.3 Å². The third-order valence-electron chi connectivity index (χ3n) is 4.38. The van der Waals surface area contributed by atoms with E-state index in [0.717, 1.165) is 31.6 Å². The fourth-order valence-electron chi connectivity index (χ4n) is 3.31. The molecule has 1 atom stereocenters. The van der Waals surface area contributed by atoms with Crippen molar-refractivity contribution >= 4 is 11.6 Å². The fraction of sp³-hybridized carbons (Fsp3) is 0.375. The first-order valence-corrected chi connectivity index (χ1v) is 7.82.